The molecular formula is C16H13N. The molecule has 0 aliphatic rings. The molecule has 0 saturated carbocycles. The highest BCUT2D eigenvalue weighted by Crippen LogP contribution is 2.26. The Morgan fingerprint density at radius 2 is 1.76 bits per heavy atom. The van der Waals surface area contributed by atoms with Gasteiger partial charge in [-0.05, 0) is 23.8 Å². The first-order valence-corrected chi connectivity index (χ1v) is 5.68. The standard InChI is InChI=1S/C16H13N/c1-2-3-6-12-9-10-16-14(11-12)13-7-4-5-8-15(13)17-16/h2-11,17H,1H2. The van der Waals surface area contributed by atoms with Crippen molar-refractivity contribution < 1.29 is 0 Å². The van der Waals surface area contributed by atoms with Crippen LogP contribution in [0, 0.1) is 0 Å². The molecule has 1 N–H and O–H groups in total. The topological polar surface area (TPSA) is 15.8 Å². The van der Waals surface area contributed by atoms with E-state index in [-0.39, 0.29) is 0 Å². The third kappa shape index (κ3) is 1.66. The van der Waals surface area contributed by atoms with E-state index in [2.05, 4.69) is 60.1 Å². The number of hydrogen-bond acceptors (Lipinski definition) is 0. The Morgan fingerprint density at radius 1 is 0.941 bits per heavy atom. The lowest BCUT2D eigenvalue weighted by atomic mass is 10.1. The highest BCUT2D eigenvalue weighted by atomic mass is 14.7. The Morgan fingerprint density at radius 3 is 2.65 bits per heavy atom. The quantitative estimate of drug-likeness (QED) is 0.610. The smallest absolute Gasteiger partial charge is 0.0465 e. The van der Waals surface area contributed by atoms with Gasteiger partial charge in [-0.15, -0.1) is 0 Å². The minimum absolute atomic E-state index is 1.18. The second-order valence-electron chi connectivity index (χ2n) is 4.07. The second-order valence-corrected chi connectivity index (χ2v) is 4.07. The highest BCUT2D eigenvalue weighted by molar-refractivity contribution is 6.07. The lowest BCUT2D eigenvalue weighted by Gasteiger charge is -1.94. The predicted octanol–water partition coefficient (Wildman–Crippen LogP) is 4.52. The Balaban J connectivity index is 2.29. The molecular weight excluding hydrogens is 206 g/mol. The fraction of sp³-hybridized carbons (Fsp3) is 0. The van der Waals surface area contributed by atoms with Crippen LogP contribution in [0.25, 0.3) is 27.9 Å². The zero-order valence-corrected chi connectivity index (χ0v) is 9.48. The van der Waals surface area contributed by atoms with Crippen LogP contribution in [0.4, 0.5) is 0 Å². The number of aromatic nitrogens is 1. The first-order valence-electron chi connectivity index (χ1n) is 5.68. The molecule has 0 bridgehead atoms. The molecule has 1 heteroatoms. The lowest BCUT2D eigenvalue weighted by molar-refractivity contribution is 1.54. The van der Waals surface area contributed by atoms with Crippen molar-refractivity contribution in [1.82, 2.24) is 4.98 Å². The molecule has 0 atom stereocenters. The van der Waals surface area contributed by atoms with Gasteiger partial charge in [-0.1, -0.05) is 49.1 Å². The molecule has 0 spiro atoms. The molecule has 0 aliphatic carbocycles. The fourth-order valence-corrected chi connectivity index (χ4v) is 2.15. The van der Waals surface area contributed by atoms with Gasteiger partial charge in [-0.3, -0.25) is 0 Å². The van der Waals surface area contributed by atoms with Gasteiger partial charge in [0.2, 0.25) is 0 Å². The van der Waals surface area contributed by atoms with E-state index in [1.54, 1.807) is 6.08 Å². The van der Waals surface area contributed by atoms with Gasteiger partial charge in [0.25, 0.3) is 0 Å². The number of H-pyrrole nitrogens is 1. The van der Waals surface area contributed by atoms with Gasteiger partial charge in [0.15, 0.2) is 0 Å². The van der Waals surface area contributed by atoms with E-state index in [4.69, 9.17) is 0 Å². The van der Waals surface area contributed by atoms with E-state index in [1.807, 2.05) is 6.08 Å². The van der Waals surface area contributed by atoms with Crippen molar-refractivity contribution in [2.45, 2.75) is 0 Å². The monoisotopic (exact) mass is 219 g/mol. The van der Waals surface area contributed by atoms with Gasteiger partial charge in [-0.2, -0.15) is 0 Å². The molecule has 3 rings (SSSR count). The summed E-state index contributed by atoms with van der Waals surface area (Å²) in [6.07, 6.45) is 5.81. The number of hydrogen-bond donors (Lipinski definition) is 1. The summed E-state index contributed by atoms with van der Waals surface area (Å²) in [5.74, 6) is 0. The zero-order valence-electron chi connectivity index (χ0n) is 9.48. The first kappa shape index (κ1) is 9.91. The number of rotatable bonds is 2. The van der Waals surface area contributed by atoms with Crippen LogP contribution in [-0.2, 0) is 0 Å². The molecule has 82 valence electrons. The summed E-state index contributed by atoms with van der Waals surface area (Å²) >= 11 is 0. The third-order valence-corrected chi connectivity index (χ3v) is 2.95. The average Bonchev–Trinajstić information content (AvgIpc) is 2.74. The van der Waals surface area contributed by atoms with Crippen LogP contribution in [0.2, 0.25) is 0 Å². The molecule has 2 aromatic carbocycles. The van der Waals surface area contributed by atoms with Gasteiger partial charge in [0.1, 0.15) is 0 Å². The van der Waals surface area contributed by atoms with E-state index >= 15 is 0 Å². The van der Waals surface area contributed by atoms with Gasteiger partial charge in [0.05, 0.1) is 0 Å². The third-order valence-electron chi connectivity index (χ3n) is 2.95. The first-order chi connectivity index (χ1) is 8.38. The summed E-state index contributed by atoms with van der Waals surface area (Å²) in [5, 5.41) is 2.54. The number of nitrogens with one attached hydrogen (secondary N) is 1. The van der Waals surface area contributed by atoms with Crippen molar-refractivity contribution in [3.05, 3.63) is 66.8 Å². The van der Waals surface area contributed by atoms with Gasteiger partial charge in [0, 0.05) is 21.8 Å². The molecule has 1 aromatic heterocycles. The molecule has 0 unspecified atom stereocenters. The minimum atomic E-state index is 1.18. The normalized spacial score (nSPS) is 11.5. The molecule has 0 amide bonds. The maximum Gasteiger partial charge on any atom is 0.0465 e. The number of aromatic amines is 1. The van der Waals surface area contributed by atoms with Crippen LogP contribution >= 0.6 is 0 Å². The van der Waals surface area contributed by atoms with E-state index in [1.165, 1.54) is 27.4 Å². The van der Waals surface area contributed by atoms with Crippen molar-refractivity contribution in [2.24, 2.45) is 0 Å². The predicted molar refractivity (Wildman–Crippen MR) is 75.0 cm³/mol. The molecule has 1 nitrogen and oxygen atoms in total. The van der Waals surface area contributed by atoms with Gasteiger partial charge >= 0.3 is 0 Å². The fourth-order valence-electron chi connectivity index (χ4n) is 2.15. The summed E-state index contributed by atoms with van der Waals surface area (Å²) < 4.78 is 0. The van der Waals surface area contributed by atoms with Crippen molar-refractivity contribution in [3.63, 3.8) is 0 Å². The van der Waals surface area contributed by atoms with Gasteiger partial charge < -0.3 is 4.98 Å². The number of benzene rings is 2. The summed E-state index contributed by atoms with van der Waals surface area (Å²) in [7, 11) is 0. The Hall–Kier alpha value is -2.28. The molecule has 0 saturated heterocycles. The molecule has 0 radical (unpaired) electrons. The lowest BCUT2D eigenvalue weighted by Crippen LogP contribution is -1.72. The zero-order chi connectivity index (χ0) is 11.7. The summed E-state index contributed by atoms with van der Waals surface area (Å²) in [6, 6.07) is 14.8. The van der Waals surface area contributed by atoms with E-state index in [0.29, 0.717) is 0 Å². The van der Waals surface area contributed by atoms with E-state index < -0.39 is 0 Å². The average molecular weight is 219 g/mol. The number of fused-ring (bicyclic) bond motifs is 3. The van der Waals surface area contributed by atoms with Crippen LogP contribution in [0.15, 0.2) is 61.2 Å². The minimum Gasteiger partial charge on any atom is -0.355 e. The van der Waals surface area contributed by atoms with Crippen LogP contribution in [0.5, 0.6) is 0 Å². The summed E-state index contributed by atoms with van der Waals surface area (Å²) in [5.41, 5.74) is 3.57. The molecule has 17 heavy (non-hydrogen) atoms. The largest absolute Gasteiger partial charge is 0.355 e. The van der Waals surface area contributed by atoms with E-state index in [9.17, 15) is 0 Å². The van der Waals surface area contributed by atoms with Crippen LogP contribution in [0.1, 0.15) is 5.56 Å². The molecule has 0 fully saturated rings. The second kappa shape index (κ2) is 3.95. The summed E-state index contributed by atoms with van der Waals surface area (Å²) in [6.45, 7) is 3.69. The van der Waals surface area contributed by atoms with E-state index in [0.717, 1.165) is 0 Å². The Labute approximate surface area is 100 Å². The van der Waals surface area contributed by atoms with Crippen molar-refractivity contribution in [3.8, 4) is 0 Å². The van der Waals surface area contributed by atoms with Crippen molar-refractivity contribution >= 4 is 27.9 Å². The van der Waals surface area contributed by atoms with Gasteiger partial charge in [-0.25, -0.2) is 0 Å². The maximum atomic E-state index is 3.69. The Kier molecular flexibility index (Phi) is 2.30. The highest BCUT2D eigenvalue weighted by Gasteiger charge is 2.02. The van der Waals surface area contributed by atoms with Crippen LogP contribution in [0.3, 0.4) is 0 Å². The maximum absolute atomic E-state index is 3.69. The molecule has 1 heterocycles. The van der Waals surface area contributed by atoms with Crippen molar-refractivity contribution in [1.29, 1.82) is 0 Å². The number of allylic oxidation sites excluding steroid dienone is 2. The summed E-state index contributed by atoms with van der Waals surface area (Å²) in [4.78, 5) is 3.42. The molecule has 3 aromatic rings. The SMILES string of the molecule is C=CC=Cc1ccc2[nH]c3ccccc3c2c1. The Bertz CT molecular complexity index is 717. The number of para-hydroxylation sites is 1. The van der Waals surface area contributed by atoms with Crippen LogP contribution in [-0.4, -0.2) is 4.98 Å². The molecule has 0 aliphatic heterocycles. The van der Waals surface area contributed by atoms with Crippen LogP contribution < -0.4 is 0 Å². The van der Waals surface area contributed by atoms with Crippen molar-refractivity contribution in [2.75, 3.05) is 0 Å².